The summed E-state index contributed by atoms with van der Waals surface area (Å²) in [5.74, 6) is -1.45. The molecule has 100 valence electrons. The van der Waals surface area contributed by atoms with Crippen molar-refractivity contribution in [2.24, 2.45) is 5.92 Å². The zero-order chi connectivity index (χ0) is 13.8. The van der Waals surface area contributed by atoms with Crippen molar-refractivity contribution in [2.45, 2.75) is 13.0 Å². The molecule has 0 saturated carbocycles. The van der Waals surface area contributed by atoms with E-state index in [0.717, 1.165) is 0 Å². The van der Waals surface area contributed by atoms with Crippen molar-refractivity contribution in [1.29, 1.82) is 5.26 Å². The number of pyridine rings is 1. The number of carboxylic acid groups (broad SMARTS) is 1. The highest BCUT2D eigenvalue weighted by Gasteiger charge is 2.38. The molecule has 0 spiro atoms. The van der Waals surface area contributed by atoms with Crippen LogP contribution >= 0.6 is 0 Å². The Morgan fingerprint density at radius 2 is 2.47 bits per heavy atom. The largest absolute Gasteiger partial charge is 0.481 e. The second-order valence-corrected chi connectivity index (χ2v) is 4.32. The molecule has 2 heterocycles. The standard InChI is InChI=1S/C13H15N3O3/c1-2-16(11-4-3-5-15-10(11)6-14)12-8-19-7-9(12)13(17)18/h3-5,9,12H,2,7-8H2,1H3,(H,17,18). The fourth-order valence-corrected chi connectivity index (χ4v) is 2.38. The first kappa shape index (κ1) is 13.3. The predicted molar refractivity (Wildman–Crippen MR) is 67.7 cm³/mol. The summed E-state index contributed by atoms with van der Waals surface area (Å²) in [6.45, 7) is 3.08. The van der Waals surface area contributed by atoms with E-state index in [0.29, 0.717) is 24.5 Å². The average Bonchev–Trinajstić information content (AvgIpc) is 2.89. The van der Waals surface area contributed by atoms with Crippen LogP contribution in [0.3, 0.4) is 0 Å². The molecule has 0 bridgehead atoms. The lowest BCUT2D eigenvalue weighted by Crippen LogP contribution is -2.43. The molecule has 0 aliphatic carbocycles. The van der Waals surface area contributed by atoms with Crippen LogP contribution in [0.1, 0.15) is 12.6 Å². The second-order valence-electron chi connectivity index (χ2n) is 4.32. The van der Waals surface area contributed by atoms with E-state index in [1.54, 1.807) is 18.3 Å². The first-order valence-electron chi connectivity index (χ1n) is 6.11. The van der Waals surface area contributed by atoms with Gasteiger partial charge in [-0.2, -0.15) is 5.26 Å². The Hall–Kier alpha value is -2.13. The smallest absolute Gasteiger partial charge is 0.311 e. The summed E-state index contributed by atoms with van der Waals surface area (Å²) in [6, 6.07) is 5.30. The van der Waals surface area contributed by atoms with Gasteiger partial charge in [-0.05, 0) is 19.1 Å². The minimum Gasteiger partial charge on any atom is -0.481 e. The molecule has 1 aromatic rings. The van der Waals surface area contributed by atoms with Gasteiger partial charge in [0.2, 0.25) is 0 Å². The zero-order valence-electron chi connectivity index (χ0n) is 10.6. The van der Waals surface area contributed by atoms with Crippen LogP contribution in [0.5, 0.6) is 0 Å². The van der Waals surface area contributed by atoms with E-state index in [1.165, 1.54) is 0 Å². The number of hydrogen-bond donors (Lipinski definition) is 1. The van der Waals surface area contributed by atoms with Gasteiger partial charge in [0.25, 0.3) is 0 Å². The lowest BCUT2D eigenvalue weighted by atomic mass is 10.0. The number of nitriles is 1. The predicted octanol–water partition coefficient (Wildman–Crippen LogP) is 0.879. The first-order valence-corrected chi connectivity index (χ1v) is 6.11. The third kappa shape index (κ3) is 2.51. The molecule has 0 aromatic carbocycles. The summed E-state index contributed by atoms with van der Waals surface area (Å²) < 4.78 is 5.28. The highest BCUT2D eigenvalue weighted by molar-refractivity contribution is 5.73. The maximum Gasteiger partial charge on any atom is 0.311 e. The topological polar surface area (TPSA) is 86.5 Å². The molecular weight excluding hydrogens is 246 g/mol. The molecule has 6 nitrogen and oxygen atoms in total. The van der Waals surface area contributed by atoms with E-state index in [9.17, 15) is 9.90 Å². The van der Waals surface area contributed by atoms with Crippen molar-refractivity contribution >= 4 is 11.7 Å². The quantitative estimate of drug-likeness (QED) is 0.865. The van der Waals surface area contributed by atoms with Crippen molar-refractivity contribution in [1.82, 2.24) is 4.98 Å². The van der Waals surface area contributed by atoms with Crippen molar-refractivity contribution in [2.75, 3.05) is 24.7 Å². The monoisotopic (exact) mass is 261 g/mol. The normalized spacial score (nSPS) is 21.9. The number of hydrogen-bond acceptors (Lipinski definition) is 5. The van der Waals surface area contributed by atoms with E-state index in [2.05, 4.69) is 4.98 Å². The van der Waals surface area contributed by atoms with E-state index >= 15 is 0 Å². The van der Waals surface area contributed by atoms with E-state index in [4.69, 9.17) is 10.00 Å². The number of rotatable bonds is 4. The van der Waals surface area contributed by atoms with Gasteiger partial charge in [-0.1, -0.05) is 0 Å². The van der Waals surface area contributed by atoms with Crippen LogP contribution in [-0.2, 0) is 9.53 Å². The Morgan fingerprint density at radius 1 is 1.68 bits per heavy atom. The molecule has 2 rings (SSSR count). The zero-order valence-corrected chi connectivity index (χ0v) is 10.6. The average molecular weight is 261 g/mol. The second kappa shape index (κ2) is 5.67. The van der Waals surface area contributed by atoms with Gasteiger partial charge in [0.1, 0.15) is 12.0 Å². The van der Waals surface area contributed by atoms with Crippen molar-refractivity contribution in [3.05, 3.63) is 24.0 Å². The fraction of sp³-hybridized carbons (Fsp3) is 0.462. The van der Waals surface area contributed by atoms with Crippen LogP contribution < -0.4 is 4.90 Å². The van der Waals surface area contributed by atoms with Crippen LogP contribution in [0, 0.1) is 17.2 Å². The highest BCUT2D eigenvalue weighted by Crippen LogP contribution is 2.27. The number of anilines is 1. The summed E-state index contributed by atoms with van der Waals surface area (Å²) in [5.41, 5.74) is 0.967. The number of carbonyl (C=O) groups is 1. The molecule has 1 aliphatic heterocycles. The number of aromatic nitrogens is 1. The van der Waals surface area contributed by atoms with Gasteiger partial charge in [-0.15, -0.1) is 0 Å². The van der Waals surface area contributed by atoms with Crippen molar-refractivity contribution in [3.8, 4) is 6.07 Å². The van der Waals surface area contributed by atoms with Crippen molar-refractivity contribution < 1.29 is 14.6 Å². The van der Waals surface area contributed by atoms with E-state index in [-0.39, 0.29) is 12.6 Å². The van der Waals surface area contributed by atoms with E-state index < -0.39 is 11.9 Å². The highest BCUT2D eigenvalue weighted by atomic mass is 16.5. The third-order valence-electron chi connectivity index (χ3n) is 3.31. The maximum absolute atomic E-state index is 11.2. The molecule has 1 N–H and O–H groups in total. The Labute approximate surface area is 111 Å². The van der Waals surface area contributed by atoms with Gasteiger partial charge >= 0.3 is 5.97 Å². The van der Waals surface area contributed by atoms with Crippen LogP contribution in [0.4, 0.5) is 5.69 Å². The summed E-state index contributed by atoms with van der Waals surface area (Å²) in [6.07, 6.45) is 1.55. The fourth-order valence-electron chi connectivity index (χ4n) is 2.38. The lowest BCUT2D eigenvalue weighted by Gasteiger charge is -2.31. The lowest BCUT2D eigenvalue weighted by molar-refractivity contribution is -0.141. The number of nitrogens with zero attached hydrogens (tertiary/aromatic N) is 3. The third-order valence-corrected chi connectivity index (χ3v) is 3.31. The molecule has 6 heteroatoms. The van der Waals surface area contributed by atoms with Crippen LogP contribution in [0.25, 0.3) is 0 Å². The molecule has 0 amide bonds. The van der Waals surface area contributed by atoms with Gasteiger partial charge in [0, 0.05) is 12.7 Å². The minimum atomic E-state index is -0.872. The molecular formula is C13H15N3O3. The van der Waals surface area contributed by atoms with Gasteiger partial charge in [0.05, 0.1) is 24.9 Å². The maximum atomic E-state index is 11.2. The Balaban J connectivity index is 2.34. The van der Waals surface area contributed by atoms with Gasteiger partial charge in [-0.3, -0.25) is 4.79 Å². The van der Waals surface area contributed by atoms with Gasteiger partial charge < -0.3 is 14.7 Å². The molecule has 1 aliphatic rings. The van der Waals surface area contributed by atoms with E-state index in [1.807, 2.05) is 17.9 Å². The van der Waals surface area contributed by atoms with Crippen LogP contribution in [-0.4, -0.2) is 41.9 Å². The molecule has 2 atom stereocenters. The number of ether oxygens (including phenoxy) is 1. The van der Waals surface area contributed by atoms with Crippen LogP contribution in [0.15, 0.2) is 18.3 Å². The molecule has 1 saturated heterocycles. The summed E-state index contributed by atoms with van der Waals surface area (Å²) in [7, 11) is 0. The minimum absolute atomic E-state index is 0.207. The number of carboxylic acids is 1. The summed E-state index contributed by atoms with van der Waals surface area (Å²) >= 11 is 0. The molecule has 2 unspecified atom stereocenters. The molecule has 1 fully saturated rings. The molecule has 0 radical (unpaired) electrons. The Morgan fingerprint density at radius 3 is 3.11 bits per heavy atom. The first-order chi connectivity index (χ1) is 9.19. The summed E-state index contributed by atoms with van der Waals surface area (Å²) in [5, 5.41) is 18.3. The molecule has 1 aromatic heterocycles. The Bertz CT molecular complexity index is 512. The summed E-state index contributed by atoms with van der Waals surface area (Å²) in [4.78, 5) is 17.1. The van der Waals surface area contributed by atoms with Crippen molar-refractivity contribution in [3.63, 3.8) is 0 Å². The van der Waals surface area contributed by atoms with Gasteiger partial charge in [-0.25, -0.2) is 4.98 Å². The molecule has 19 heavy (non-hydrogen) atoms. The number of aliphatic carboxylic acids is 1. The van der Waals surface area contributed by atoms with Gasteiger partial charge in [0.15, 0.2) is 5.69 Å². The van der Waals surface area contributed by atoms with Crippen LogP contribution in [0.2, 0.25) is 0 Å². The SMILES string of the molecule is CCN(c1cccnc1C#N)C1COCC1C(=O)O. The Kier molecular flexibility index (Phi) is 3.97. The number of likely N-dealkylation sites (N-methyl/N-ethyl adjacent to an activating group) is 1.